The van der Waals surface area contributed by atoms with Crippen LogP contribution in [0.1, 0.15) is 24.8 Å². The summed E-state index contributed by atoms with van der Waals surface area (Å²) in [7, 11) is -3.84. The molecular weight excluding hydrogens is 472 g/mol. The van der Waals surface area contributed by atoms with Crippen LogP contribution < -0.4 is 21.3 Å². The average Bonchev–Trinajstić information content (AvgIpc) is 2.81. The third-order valence-electron chi connectivity index (χ3n) is 5.76. The number of rotatable bonds is 10. The molecule has 12 heteroatoms. The number of benzene rings is 1. The van der Waals surface area contributed by atoms with Gasteiger partial charge in [-0.3, -0.25) is 19.7 Å². The first-order valence-electron chi connectivity index (χ1n) is 11.2. The molecule has 1 aliphatic heterocycles. The van der Waals surface area contributed by atoms with E-state index in [-0.39, 0.29) is 29.9 Å². The highest BCUT2D eigenvalue weighted by molar-refractivity contribution is 7.91. The van der Waals surface area contributed by atoms with Crippen molar-refractivity contribution >= 4 is 33.9 Å². The lowest BCUT2D eigenvalue weighted by Gasteiger charge is -2.34. The highest BCUT2D eigenvalue weighted by Gasteiger charge is 2.24. The first-order valence-corrected chi connectivity index (χ1v) is 12.9. The Labute approximate surface area is 203 Å². The van der Waals surface area contributed by atoms with Crippen molar-refractivity contribution in [3.05, 3.63) is 64.6 Å². The number of likely N-dealkylation sites (tertiary alicyclic amines) is 1. The van der Waals surface area contributed by atoms with Crippen molar-refractivity contribution in [1.82, 2.24) is 14.8 Å². The molecule has 0 radical (unpaired) electrons. The van der Waals surface area contributed by atoms with Crippen LogP contribution in [0, 0.1) is 11.3 Å². The molecule has 1 aliphatic rings. The van der Waals surface area contributed by atoms with Crippen LogP contribution in [0.15, 0.2) is 53.5 Å². The second-order valence-electron chi connectivity index (χ2n) is 8.59. The zero-order valence-electron chi connectivity index (χ0n) is 19.2. The predicted molar refractivity (Wildman–Crippen MR) is 132 cm³/mol. The molecule has 1 fully saturated rings. The second-order valence-corrected chi connectivity index (χ2v) is 10.3. The Morgan fingerprint density at radius 1 is 1.23 bits per heavy atom. The fourth-order valence-corrected chi connectivity index (χ4v) is 5.32. The largest absolute Gasteiger partial charge is 0.370 e. The standard InChI is InChI=1S/C23H30N6O5S/c24-23(25)29-11-4-8-18(13-29)12-19(15-30)26-21(31)14-28-10-5-9-20(22(28)32)27-35(33,34)16-17-6-2-1-3-7-17/h1-3,5-7,9-10,15,18-19,27H,4,8,11-14,16H2,(H3,24,25)(H,26,31). The Balaban J connectivity index is 1.61. The van der Waals surface area contributed by atoms with Gasteiger partial charge in [-0.15, -0.1) is 0 Å². The van der Waals surface area contributed by atoms with Crippen molar-refractivity contribution in [1.29, 1.82) is 5.41 Å². The third-order valence-corrected chi connectivity index (χ3v) is 7.00. The van der Waals surface area contributed by atoms with E-state index in [9.17, 15) is 22.8 Å². The number of nitrogens with one attached hydrogen (secondary N) is 3. The Bertz CT molecular complexity index is 1210. The van der Waals surface area contributed by atoms with Gasteiger partial charge in [0.1, 0.15) is 18.5 Å². The molecule has 0 aliphatic carbocycles. The van der Waals surface area contributed by atoms with Crippen LogP contribution in [0.25, 0.3) is 0 Å². The Hall–Kier alpha value is -3.67. The zero-order valence-corrected chi connectivity index (χ0v) is 20.0. The van der Waals surface area contributed by atoms with Crippen LogP contribution in [-0.4, -0.2) is 55.2 Å². The highest BCUT2D eigenvalue weighted by Crippen LogP contribution is 2.20. The molecule has 2 heterocycles. The number of amides is 1. The van der Waals surface area contributed by atoms with E-state index in [1.54, 1.807) is 35.2 Å². The van der Waals surface area contributed by atoms with Crippen LogP contribution in [0.4, 0.5) is 5.69 Å². The number of nitrogens with zero attached hydrogens (tertiary/aromatic N) is 2. The molecule has 5 N–H and O–H groups in total. The minimum atomic E-state index is -3.84. The second kappa shape index (κ2) is 11.6. The summed E-state index contributed by atoms with van der Waals surface area (Å²) < 4.78 is 28.3. The maximum atomic E-state index is 12.8. The molecule has 3 rings (SSSR count). The highest BCUT2D eigenvalue weighted by atomic mass is 32.2. The van der Waals surface area contributed by atoms with Gasteiger partial charge in [-0.2, -0.15) is 0 Å². The van der Waals surface area contributed by atoms with E-state index in [0.29, 0.717) is 31.4 Å². The molecule has 11 nitrogen and oxygen atoms in total. The number of carbonyl (C=O) groups excluding carboxylic acids is 2. The molecule has 1 aromatic heterocycles. The van der Waals surface area contributed by atoms with Crippen molar-refractivity contribution < 1.29 is 18.0 Å². The van der Waals surface area contributed by atoms with E-state index in [0.717, 1.165) is 17.4 Å². The van der Waals surface area contributed by atoms with Crippen molar-refractivity contribution in [2.24, 2.45) is 11.7 Å². The van der Waals surface area contributed by atoms with E-state index in [1.165, 1.54) is 18.3 Å². The van der Waals surface area contributed by atoms with Gasteiger partial charge in [0.2, 0.25) is 15.9 Å². The van der Waals surface area contributed by atoms with Gasteiger partial charge in [-0.1, -0.05) is 30.3 Å². The molecule has 1 saturated heterocycles. The predicted octanol–water partition coefficient (Wildman–Crippen LogP) is 0.469. The molecule has 188 valence electrons. The lowest BCUT2D eigenvalue weighted by atomic mass is 9.92. The number of hydrogen-bond donors (Lipinski definition) is 4. The van der Waals surface area contributed by atoms with Crippen molar-refractivity contribution in [2.75, 3.05) is 17.8 Å². The number of piperidine rings is 1. The molecule has 2 atom stereocenters. The summed E-state index contributed by atoms with van der Waals surface area (Å²) in [6.45, 7) is 0.861. The summed E-state index contributed by atoms with van der Waals surface area (Å²) in [5, 5.41) is 10.2. The molecule has 0 saturated carbocycles. The van der Waals surface area contributed by atoms with Crippen LogP contribution in [0.3, 0.4) is 0 Å². The number of aldehydes is 1. The fourth-order valence-electron chi connectivity index (χ4n) is 4.13. The topological polar surface area (TPSA) is 167 Å². The molecule has 0 bridgehead atoms. The van der Waals surface area contributed by atoms with Gasteiger partial charge in [0.15, 0.2) is 5.96 Å². The summed E-state index contributed by atoms with van der Waals surface area (Å²) in [6.07, 6.45) is 4.12. The van der Waals surface area contributed by atoms with E-state index in [2.05, 4.69) is 10.0 Å². The minimum absolute atomic E-state index is 0.0139. The van der Waals surface area contributed by atoms with Crippen LogP contribution >= 0.6 is 0 Å². The number of pyridine rings is 1. The summed E-state index contributed by atoms with van der Waals surface area (Å²) in [5.74, 6) is -0.771. The number of aromatic nitrogens is 1. The van der Waals surface area contributed by atoms with Gasteiger partial charge in [-0.25, -0.2) is 8.42 Å². The van der Waals surface area contributed by atoms with E-state index < -0.39 is 27.5 Å². The monoisotopic (exact) mass is 502 g/mol. The molecule has 35 heavy (non-hydrogen) atoms. The average molecular weight is 503 g/mol. The number of anilines is 1. The number of hydrogen-bond acceptors (Lipinski definition) is 6. The summed E-state index contributed by atoms with van der Waals surface area (Å²) >= 11 is 0. The Kier molecular flexibility index (Phi) is 8.63. The number of sulfonamides is 1. The number of nitrogens with two attached hydrogens (primary N) is 1. The van der Waals surface area contributed by atoms with E-state index >= 15 is 0 Å². The summed E-state index contributed by atoms with van der Waals surface area (Å²) in [4.78, 5) is 38.6. The van der Waals surface area contributed by atoms with E-state index in [4.69, 9.17) is 11.1 Å². The van der Waals surface area contributed by atoms with Gasteiger partial charge in [0.25, 0.3) is 5.56 Å². The van der Waals surface area contributed by atoms with Gasteiger partial charge in [0.05, 0.1) is 11.8 Å². The Morgan fingerprint density at radius 2 is 1.97 bits per heavy atom. The van der Waals surface area contributed by atoms with Gasteiger partial charge < -0.3 is 25.3 Å². The van der Waals surface area contributed by atoms with Gasteiger partial charge in [0, 0.05) is 19.3 Å². The smallest absolute Gasteiger partial charge is 0.275 e. The summed E-state index contributed by atoms with van der Waals surface area (Å²) in [5.41, 5.74) is 5.28. The molecule has 2 unspecified atom stereocenters. The van der Waals surface area contributed by atoms with Gasteiger partial charge in [-0.05, 0) is 42.9 Å². The maximum Gasteiger partial charge on any atom is 0.275 e. The SMILES string of the molecule is N=C(N)N1CCCC(CC(C=O)NC(=O)Cn2cccc(NS(=O)(=O)Cc3ccccc3)c2=O)C1. The van der Waals surface area contributed by atoms with E-state index in [1.807, 2.05) is 0 Å². The van der Waals surface area contributed by atoms with Crippen LogP contribution in [0.2, 0.25) is 0 Å². The molecule has 0 spiro atoms. The first kappa shape index (κ1) is 25.9. The number of guanidine groups is 1. The first-order chi connectivity index (χ1) is 16.7. The van der Waals surface area contributed by atoms with Crippen molar-refractivity contribution in [2.45, 2.75) is 37.6 Å². The zero-order chi connectivity index (χ0) is 25.4. The normalized spacial score (nSPS) is 16.8. The molecule has 2 aromatic rings. The maximum absolute atomic E-state index is 12.8. The molecule has 1 aromatic carbocycles. The minimum Gasteiger partial charge on any atom is -0.370 e. The lowest BCUT2D eigenvalue weighted by Crippen LogP contribution is -2.46. The number of carbonyl (C=O) groups is 2. The van der Waals surface area contributed by atoms with Crippen molar-refractivity contribution in [3.8, 4) is 0 Å². The molecular formula is C23H30N6O5S. The van der Waals surface area contributed by atoms with Crippen molar-refractivity contribution in [3.63, 3.8) is 0 Å². The lowest BCUT2D eigenvalue weighted by molar-refractivity contribution is -0.124. The van der Waals surface area contributed by atoms with Crippen LogP contribution in [0.5, 0.6) is 0 Å². The van der Waals surface area contributed by atoms with Crippen LogP contribution in [-0.2, 0) is 31.9 Å². The quantitative estimate of drug-likeness (QED) is 0.208. The van der Waals surface area contributed by atoms with Gasteiger partial charge >= 0.3 is 0 Å². The third kappa shape index (κ3) is 7.67. The Morgan fingerprint density at radius 3 is 2.66 bits per heavy atom. The fraction of sp³-hybridized carbons (Fsp3) is 0.391. The molecule has 1 amide bonds. The summed E-state index contributed by atoms with van der Waals surface area (Å²) in [6, 6.07) is 10.6.